The van der Waals surface area contributed by atoms with Crippen LogP contribution < -0.4 is 5.56 Å². The van der Waals surface area contributed by atoms with Crippen LogP contribution in [0.15, 0.2) is 23.0 Å². The molecule has 0 saturated carbocycles. The van der Waals surface area contributed by atoms with E-state index in [2.05, 4.69) is 9.97 Å². The molecule has 0 aliphatic heterocycles. The third-order valence-electron chi connectivity index (χ3n) is 2.66. The minimum absolute atomic E-state index is 0.160. The Morgan fingerprint density at radius 1 is 1.47 bits per heavy atom. The lowest BCUT2D eigenvalue weighted by Crippen LogP contribution is -2.17. The molecular formula is C13H12ClIN2O2. The first-order valence-corrected chi connectivity index (χ1v) is 7.02. The van der Waals surface area contributed by atoms with Crippen LogP contribution >= 0.6 is 34.2 Å². The second kappa shape index (κ2) is 6.02. The van der Waals surface area contributed by atoms with Gasteiger partial charge in [-0.25, -0.2) is 4.98 Å². The van der Waals surface area contributed by atoms with E-state index >= 15 is 0 Å². The number of hydrogen-bond donors (Lipinski definition) is 1. The van der Waals surface area contributed by atoms with Gasteiger partial charge in [-0.2, -0.15) is 0 Å². The molecule has 19 heavy (non-hydrogen) atoms. The van der Waals surface area contributed by atoms with E-state index in [0.717, 1.165) is 11.1 Å². The molecule has 2 rings (SSSR count). The molecule has 1 heterocycles. The van der Waals surface area contributed by atoms with Crippen LogP contribution in [-0.4, -0.2) is 17.1 Å². The lowest BCUT2D eigenvalue weighted by molar-refractivity contribution is 0.180. The van der Waals surface area contributed by atoms with Crippen LogP contribution in [0.4, 0.5) is 0 Å². The van der Waals surface area contributed by atoms with Gasteiger partial charge in [0.15, 0.2) is 0 Å². The quantitative estimate of drug-likeness (QED) is 0.819. The maximum absolute atomic E-state index is 11.9. The van der Waals surface area contributed by atoms with Crippen molar-refractivity contribution in [2.24, 2.45) is 0 Å². The summed E-state index contributed by atoms with van der Waals surface area (Å²) in [5.41, 5.74) is 2.29. The number of hydrogen-bond acceptors (Lipinski definition) is 3. The SMILES string of the molecule is COCc1nc(-c2ccc(Cl)cc2C)[nH]c(=O)c1I. The van der Waals surface area contributed by atoms with Gasteiger partial charge in [0, 0.05) is 17.7 Å². The van der Waals surface area contributed by atoms with Gasteiger partial charge in [0.2, 0.25) is 0 Å². The number of H-pyrrole nitrogens is 1. The number of benzene rings is 1. The Bertz CT molecular complexity index is 670. The lowest BCUT2D eigenvalue weighted by atomic mass is 10.1. The third-order valence-corrected chi connectivity index (χ3v) is 4.00. The molecule has 1 aromatic carbocycles. The van der Waals surface area contributed by atoms with Crippen molar-refractivity contribution in [3.8, 4) is 11.4 Å². The second-order valence-corrected chi connectivity index (χ2v) is 5.58. The van der Waals surface area contributed by atoms with E-state index in [1.807, 2.05) is 41.6 Å². The fourth-order valence-corrected chi connectivity index (χ4v) is 2.40. The van der Waals surface area contributed by atoms with Crippen LogP contribution in [0, 0.1) is 10.5 Å². The number of aromatic nitrogens is 2. The zero-order valence-electron chi connectivity index (χ0n) is 10.5. The van der Waals surface area contributed by atoms with E-state index in [1.54, 1.807) is 13.2 Å². The molecule has 0 spiro atoms. The fraction of sp³-hybridized carbons (Fsp3) is 0.231. The van der Waals surface area contributed by atoms with Gasteiger partial charge in [0.05, 0.1) is 12.3 Å². The summed E-state index contributed by atoms with van der Waals surface area (Å²) in [4.78, 5) is 19.1. The highest BCUT2D eigenvalue weighted by Crippen LogP contribution is 2.23. The molecule has 0 saturated heterocycles. The number of rotatable bonds is 3. The van der Waals surface area contributed by atoms with Crippen molar-refractivity contribution >= 4 is 34.2 Å². The van der Waals surface area contributed by atoms with E-state index in [9.17, 15) is 4.79 Å². The van der Waals surface area contributed by atoms with E-state index in [0.29, 0.717) is 26.7 Å². The molecule has 6 heteroatoms. The van der Waals surface area contributed by atoms with Gasteiger partial charge >= 0.3 is 0 Å². The monoisotopic (exact) mass is 390 g/mol. The number of aryl methyl sites for hydroxylation is 1. The van der Waals surface area contributed by atoms with Gasteiger partial charge in [-0.05, 0) is 53.3 Å². The summed E-state index contributed by atoms with van der Waals surface area (Å²) < 4.78 is 5.61. The number of aromatic amines is 1. The van der Waals surface area contributed by atoms with E-state index in [-0.39, 0.29) is 5.56 Å². The van der Waals surface area contributed by atoms with Crippen LogP contribution in [0.5, 0.6) is 0 Å². The number of nitrogens with zero attached hydrogens (tertiary/aromatic N) is 1. The summed E-state index contributed by atoms with van der Waals surface area (Å²) in [7, 11) is 1.58. The second-order valence-electron chi connectivity index (χ2n) is 4.07. The summed E-state index contributed by atoms with van der Waals surface area (Å²) in [5.74, 6) is 0.534. The number of halogens is 2. The zero-order chi connectivity index (χ0) is 14.0. The summed E-state index contributed by atoms with van der Waals surface area (Å²) in [6, 6.07) is 5.46. The molecule has 4 nitrogen and oxygen atoms in total. The topological polar surface area (TPSA) is 55.0 Å². The van der Waals surface area contributed by atoms with Crippen LogP contribution in [-0.2, 0) is 11.3 Å². The maximum Gasteiger partial charge on any atom is 0.264 e. The molecule has 0 atom stereocenters. The van der Waals surface area contributed by atoms with Crippen molar-refractivity contribution in [2.75, 3.05) is 7.11 Å². The molecular weight excluding hydrogens is 379 g/mol. The normalized spacial score (nSPS) is 10.7. The van der Waals surface area contributed by atoms with E-state index < -0.39 is 0 Å². The summed E-state index contributed by atoms with van der Waals surface area (Å²) in [6.45, 7) is 2.23. The lowest BCUT2D eigenvalue weighted by Gasteiger charge is -2.08. The Hall–Kier alpha value is -0.920. The minimum atomic E-state index is -0.160. The smallest absolute Gasteiger partial charge is 0.264 e. The predicted octanol–water partition coefficient (Wildman–Crippen LogP) is 3.15. The summed E-state index contributed by atoms with van der Waals surface area (Å²) in [5, 5.41) is 0.659. The Labute approximate surface area is 129 Å². The van der Waals surface area contributed by atoms with Crippen molar-refractivity contribution in [1.29, 1.82) is 0 Å². The van der Waals surface area contributed by atoms with Crippen LogP contribution in [0.25, 0.3) is 11.4 Å². The molecule has 0 radical (unpaired) electrons. The number of methoxy groups -OCH3 is 1. The van der Waals surface area contributed by atoms with Crippen molar-refractivity contribution in [1.82, 2.24) is 9.97 Å². The molecule has 1 aromatic heterocycles. The van der Waals surface area contributed by atoms with Gasteiger partial charge in [-0.1, -0.05) is 11.6 Å². The van der Waals surface area contributed by atoms with E-state index in [4.69, 9.17) is 16.3 Å². The minimum Gasteiger partial charge on any atom is -0.378 e. The third kappa shape index (κ3) is 3.16. The standard InChI is InChI=1S/C13H12ClIN2O2/c1-7-5-8(14)3-4-9(7)12-16-10(6-19-2)11(15)13(18)17-12/h3-5H,6H2,1-2H3,(H,16,17,18). The van der Waals surface area contributed by atoms with Crippen LogP contribution in [0.2, 0.25) is 5.02 Å². The molecule has 1 N–H and O–H groups in total. The highest BCUT2D eigenvalue weighted by Gasteiger charge is 2.11. The maximum atomic E-state index is 11.9. The van der Waals surface area contributed by atoms with Gasteiger partial charge in [0.1, 0.15) is 9.39 Å². The molecule has 0 aliphatic carbocycles. The molecule has 0 amide bonds. The zero-order valence-corrected chi connectivity index (χ0v) is 13.4. The Balaban J connectivity index is 2.59. The highest BCUT2D eigenvalue weighted by atomic mass is 127. The van der Waals surface area contributed by atoms with Gasteiger partial charge < -0.3 is 9.72 Å². The summed E-state index contributed by atoms with van der Waals surface area (Å²) >= 11 is 7.90. The fourth-order valence-electron chi connectivity index (χ4n) is 1.76. The molecule has 2 aromatic rings. The summed E-state index contributed by atoms with van der Waals surface area (Å²) in [6.07, 6.45) is 0. The molecule has 0 bridgehead atoms. The van der Waals surface area contributed by atoms with Gasteiger partial charge in [0.25, 0.3) is 5.56 Å². The average molecular weight is 391 g/mol. The highest BCUT2D eigenvalue weighted by molar-refractivity contribution is 14.1. The molecule has 100 valence electrons. The van der Waals surface area contributed by atoms with Crippen LogP contribution in [0.1, 0.15) is 11.3 Å². The van der Waals surface area contributed by atoms with Gasteiger partial charge in [-0.3, -0.25) is 4.79 Å². The first-order valence-electron chi connectivity index (χ1n) is 5.57. The van der Waals surface area contributed by atoms with Crippen molar-refractivity contribution in [2.45, 2.75) is 13.5 Å². The van der Waals surface area contributed by atoms with Crippen molar-refractivity contribution in [3.05, 3.63) is 48.4 Å². The largest absolute Gasteiger partial charge is 0.378 e. The van der Waals surface area contributed by atoms with Crippen molar-refractivity contribution in [3.63, 3.8) is 0 Å². The van der Waals surface area contributed by atoms with Crippen LogP contribution in [0.3, 0.4) is 0 Å². The Morgan fingerprint density at radius 3 is 2.84 bits per heavy atom. The predicted molar refractivity (Wildman–Crippen MR) is 83.5 cm³/mol. The Kier molecular flexibility index (Phi) is 4.59. The average Bonchev–Trinajstić information content (AvgIpc) is 2.35. The Morgan fingerprint density at radius 2 is 2.21 bits per heavy atom. The molecule has 0 aliphatic rings. The molecule has 0 unspecified atom stereocenters. The number of ether oxygens (including phenoxy) is 1. The molecule has 0 fully saturated rings. The van der Waals surface area contributed by atoms with Crippen molar-refractivity contribution < 1.29 is 4.74 Å². The van der Waals surface area contributed by atoms with Gasteiger partial charge in [-0.15, -0.1) is 0 Å². The number of nitrogens with one attached hydrogen (secondary N) is 1. The first kappa shape index (κ1) is 14.5. The van der Waals surface area contributed by atoms with E-state index in [1.165, 1.54) is 0 Å². The first-order chi connectivity index (χ1) is 9.02.